The number of fused-ring (bicyclic) bond motifs is 1. The van der Waals surface area contributed by atoms with E-state index in [9.17, 15) is 4.79 Å². The lowest BCUT2D eigenvalue weighted by molar-refractivity contribution is 0.0925. The summed E-state index contributed by atoms with van der Waals surface area (Å²) < 4.78 is 5.75. The number of halogens is 2. The van der Waals surface area contributed by atoms with E-state index in [0.29, 0.717) is 18.8 Å². The van der Waals surface area contributed by atoms with Crippen LogP contribution in [0.3, 0.4) is 0 Å². The molecule has 2 rings (SSSR count). The van der Waals surface area contributed by atoms with Gasteiger partial charge in [-0.15, -0.1) is 24.8 Å². The second kappa shape index (κ2) is 9.78. The number of benzene rings is 1. The Morgan fingerprint density at radius 3 is 2.57 bits per heavy atom. The van der Waals surface area contributed by atoms with Crippen LogP contribution in [0.5, 0.6) is 0 Å². The summed E-state index contributed by atoms with van der Waals surface area (Å²) in [5, 5.41) is 3.86. The summed E-state index contributed by atoms with van der Waals surface area (Å²) in [6.45, 7) is 3.13. The van der Waals surface area contributed by atoms with Crippen molar-refractivity contribution in [3.05, 3.63) is 35.6 Å². The van der Waals surface area contributed by atoms with E-state index in [1.165, 1.54) is 0 Å². The standard InChI is InChI=1S/C16H23N3O2.2ClH/c1-11(17)8-9-18-16(20)15-13(10-19(2)3)12-6-4-5-7-14(12)21-15;;/h4-7,11H,8-10,17H2,1-3H3,(H,18,20);2*1H. The molecule has 1 atom stereocenters. The third-order valence-electron chi connectivity index (χ3n) is 3.26. The first-order valence-corrected chi connectivity index (χ1v) is 7.18. The number of carbonyl (C=O) groups excluding carboxylic acids is 1. The number of nitrogens with two attached hydrogens (primary N) is 1. The largest absolute Gasteiger partial charge is 0.451 e. The molecule has 0 aliphatic carbocycles. The average molecular weight is 362 g/mol. The fraction of sp³-hybridized carbons (Fsp3) is 0.438. The van der Waals surface area contributed by atoms with E-state index in [1.807, 2.05) is 50.2 Å². The maximum Gasteiger partial charge on any atom is 0.287 e. The van der Waals surface area contributed by atoms with Crippen LogP contribution in [0.15, 0.2) is 28.7 Å². The number of amides is 1. The van der Waals surface area contributed by atoms with Gasteiger partial charge in [-0.25, -0.2) is 0 Å². The molecule has 0 aliphatic heterocycles. The SMILES string of the molecule is CC(N)CCNC(=O)c1oc2ccccc2c1CN(C)C.Cl.Cl. The van der Waals surface area contributed by atoms with E-state index in [1.54, 1.807) is 0 Å². The molecule has 1 aromatic carbocycles. The lowest BCUT2D eigenvalue weighted by Crippen LogP contribution is -2.29. The van der Waals surface area contributed by atoms with Crippen molar-refractivity contribution in [2.75, 3.05) is 20.6 Å². The summed E-state index contributed by atoms with van der Waals surface area (Å²) in [5.41, 5.74) is 7.36. The molecule has 0 saturated heterocycles. The fourth-order valence-electron chi connectivity index (χ4n) is 2.25. The monoisotopic (exact) mass is 361 g/mol. The second-order valence-corrected chi connectivity index (χ2v) is 5.67. The van der Waals surface area contributed by atoms with E-state index in [0.717, 1.165) is 23.0 Å². The minimum absolute atomic E-state index is 0. The van der Waals surface area contributed by atoms with Gasteiger partial charge >= 0.3 is 0 Å². The fourth-order valence-corrected chi connectivity index (χ4v) is 2.25. The van der Waals surface area contributed by atoms with Gasteiger partial charge in [0.2, 0.25) is 0 Å². The lowest BCUT2D eigenvalue weighted by atomic mass is 10.1. The topological polar surface area (TPSA) is 71.5 Å². The third-order valence-corrected chi connectivity index (χ3v) is 3.26. The molecule has 0 radical (unpaired) electrons. The van der Waals surface area contributed by atoms with E-state index >= 15 is 0 Å². The second-order valence-electron chi connectivity index (χ2n) is 5.67. The van der Waals surface area contributed by atoms with Gasteiger partial charge in [0.1, 0.15) is 5.58 Å². The first kappa shape index (κ1) is 21.7. The van der Waals surface area contributed by atoms with Crippen molar-refractivity contribution in [3.63, 3.8) is 0 Å². The predicted molar refractivity (Wildman–Crippen MR) is 98.7 cm³/mol. The summed E-state index contributed by atoms with van der Waals surface area (Å²) in [5.74, 6) is 0.221. The molecule has 1 unspecified atom stereocenters. The van der Waals surface area contributed by atoms with Gasteiger partial charge in [0.05, 0.1) is 0 Å². The van der Waals surface area contributed by atoms with Crippen LogP contribution in [0.4, 0.5) is 0 Å². The zero-order valence-corrected chi connectivity index (χ0v) is 15.3. The van der Waals surface area contributed by atoms with Crippen LogP contribution in [0.25, 0.3) is 11.0 Å². The maximum absolute atomic E-state index is 12.3. The molecular formula is C16H25Cl2N3O2. The quantitative estimate of drug-likeness (QED) is 0.829. The highest BCUT2D eigenvalue weighted by Crippen LogP contribution is 2.26. The molecule has 0 fully saturated rings. The smallest absolute Gasteiger partial charge is 0.287 e. The zero-order chi connectivity index (χ0) is 15.4. The summed E-state index contributed by atoms with van der Waals surface area (Å²) in [7, 11) is 3.94. The summed E-state index contributed by atoms with van der Waals surface area (Å²) in [6.07, 6.45) is 0.745. The molecule has 1 aromatic heterocycles. The average Bonchev–Trinajstić information content (AvgIpc) is 2.77. The highest BCUT2D eigenvalue weighted by molar-refractivity contribution is 5.99. The van der Waals surface area contributed by atoms with Gasteiger partial charge in [0, 0.05) is 30.1 Å². The molecule has 23 heavy (non-hydrogen) atoms. The number of carbonyl (C=O) groups is 1. The van der Waals surface area contributed by atoms with Crippen molar-refractivity contribution in [2.45, 2.75) is 25.9 Å². The molecule has 3 N–H and O–H groups in total. The number of furan rings is 1. The number of nitrogens with one attached hydrogen (secondary N) is 1. The van der Waals surface area contributed by atoms with E-state index < -0.39 is 0 Å². The van der Waals surface area contributed by atoms with Gasteiger partial charge in [-0.3, -0.25) is 4.79 Å². The molecule has 1 amide bonds. The summed E-state index contributed by atoms with van der Waals surface area (Å²) in [4.78, 5) is 14.4. The molecule has 5 nitrogen and oxygen atoms in total. The minimum Gasteiger partial charge on any atom is -0.451 e. The van der Waals surface area contributed by atoms with Gasteiger partial charge in [0.15, 0.2) is 5.76 Å². The van der Waals surface area contributed by atoms with Crippen molar-refractivity contribution in [1.82, 2.24) is 10.2 Å². The van der Waals surface area contributed by atoms with Crippen molar-refractivity contribution in [1.29, 1.82) is 0 Å². The minimum atomic E-state index is -0.177. The number of rotatable bonds is 6. The van der Waals surface area contributed by atoms with Gasteiger partial charge < -0.3 is 20.4 Å². The van der Waals surface area contributed by atoms with Gasteiger partial charge in [0.25, 0.3) is 5.91 Å². The van der Waals surface area contributed by atoms with Crippen molar-refractivity contribution in [2.24, 2.45) is 5.73 Å². The Labute approximate surface area is 149 Å². The van der Waals surface area contributed by atoms with Crippen molar-refractivity contribution < 1.29 is 9.21 Å². The highest BCUT2D eigenvalue weighted by Gasteiger charge is 2.20. The first-order chi connectivity index (χ1) is 9.99. The van der Waals surface area contributed by atoms with Crippen LogP contribution in [-0.4, -0.2) is 37.5 Å². The summed E-state index contributed by atoms with van der Waals surface area (Å²) in [6, 6.07) is 7.80. The molecular weight excluding hydrogens is 337 g/mol. The van der Waals surface area contributed by atoms with Gasteiger partial charge in [-0.1, -0.05) is 18.2 Å². The molecule has 1 heterocycles. The molecule has 0 bridgehead atoms. The van der Waals surface area contributed by atoms with E-state index in [-0.39, 0.29) is 36.8 Å². The van der Waals surface area contributed by atoms with Crippen molar-refractivity contribution in [3.8, 4) is 0 Å². The van der Waals surface area contributed by atoms with E-state index in [2.05, 4.69) is 5.32 Å². The zero-order valence-electron chi connectivity index (χ0n) is 13.7. The first-order valence-electron chi connectivity index (χ1n) is 7.18. The van der Waals surface area contributed by atoms with Crippen LogP contribution in [0, 0.1) is 0 Å². The number of nitrogens with zero attached hydrogens (tertiary/aromatic N) is 1. The highest BCUT2D eigenvalue weighted by atomic mass is 35.5. The molecule has 0 spiro atoms. The van der Waals surface area contributed by atoms with Gasteiger partial charge in [-0.2, -0.15) is 0 Å². The Hall–Kier alpha value is -1.27. The Morgan fingerprint density at radius 2 is 1.96 bits per heavy atom. The van der Waals surface area contributed by atoms with Crippen LogP contribution in [-0.2, 0) is 6.54 Å². The third kappa shape index (κ3) is 5.70. The maximum atomic E-state index is 12.3. The molecule has 130 valence electrons. The lowest BCUT2D eigenvalue weighted by Gasteiger charge is -2.10. The number of hydrogen-bond acceptors (Lipinski definition) is 4. The summed E-state index contributed by atoms with van der Waals surface area (Å²) >= 11 is 0. The number of hydrogen-bond donors (Lipinski definition) is 2. The van der Waals surface area contributed by atoms with Crippen LogP contribution in [0.1, 0.15) is 29.5 Å². The predicted octanol–water partition coefficient (Wildman–Crippen LogP) is 2.81. The Kier molecular flexibility index (Phi) is 9.24. The Bertz CT molecular complexity index is 627. The van der Waals surface area contributed by atoms with Gasteiger partial charge in [-0.05, 0) is 33.5 Å². The molecule has 7 heteroatoms. The van der Waals surface area contributed by atoms with Crippen LogP contribution < -0.4 is 11.1 Å². The van der Waals surface area contributed by atoms with Crippen molar-refractivity contribution >= 4 is 41.7 Å². The van der Waals surface area contributed by atoms with Crippen LogP contribution in [0.2, 0.25) is 0 Å². The number of para-hydroxylation sites is 1. The van der Waals surface area contributed by atoms with E-state index in [4.69, 9.17) is 10.2 Å². The Balaban J connectivity index is 0.00000242. The normalized spacial score (nSPS) is 11.7. The molecule has 2 aromatic rings. The Morgan fingerprint density at radius 1 is 1.30 bits per heavy atom. The molecule has 0 aliphatic rings. The molecule has 0 saturated carbocycles. The van der Waals surface area contributed by atoms with Crippen LogP contribution >= 0.6 is 24.8 Å².